The van der Waals surface area contributed by atoms with E-state index < -0.39 is 17.8 Å². The molecule has 1 aromatic heterocycles. The van der Waals surface area contributed by atoms with Gasteiger partial charge in [0.2, 0.25) is 0 Å². The molecule has 9 nitrogen and oxygen atoms in total. The van der Waals surface area contributed by atoms with E-state index in [9.17, 15) is 9.59 Å². The molecular weight excluding hydrogens is 398 g/mol. The second-order valence-corrected chi connectivity index (χ2v) is 8.77. The van der Waals surface area contributed by atoms with Crippen LogP contribution in [0.15, 0.2) is 36.7 Å². The minimum Gasteiger partial charge on any atom is -0.443 e. The fraction of sp³-hybridized carbons (Fsp3) is 0.545. The van der Waals surface area contributed by atoms with Gasteiger partial charge in [-0.05, 0) is 52.0 Å². The average molecular weight is 430 g/mol. The summed E-state index contributed by atoms with van der Waals surface area (Å²) < 4.78 is 12.6. The minimum atomic E-state index is -0.681. The number of amides is 2. The SMILES string of the molecule is Cn1ncnc1C1CCC(N(NC(=O)OC(C)(C)C)C(=O)OCc2ccccc2)CC1. The molecule has 1 aliphatic rings. The summed E-state index contributed by atoms with van der Waals surface area (Å²) in [7, 11) is 1.88. The van der Waals surface area contributed by atoms with Gasteiger partial charge in [0, 0.05) is 13.0 Å². The molecule has 1 aliphatic carbocycles. The van der Waals surface area contributed by atoms with Crippen LogP contribution in [0.5, 0.6) is 0 Å². The molecule has 9 heteroatoms. The molecule has 1 N–H and O–H groups in total. The number of hydrogen-bond acceptors (Lipinski definition) is 6. The van der Waals surface area contributed by atoms with Gasteiger partial charge in [-0.2, -0.15) is 5.10 Å². The first kappa shape index (κ1) is 22.6. The highest BCUT2D eigenvalue weighted by molar-refractivity contribution is 5.74. The van der Waals surface area contributed by atoms with Crippen LogP contribution in [-0.2, 0) is 23.1 Å². The summed E-state index contributed by atoms with van der Waals surface area (Å²) in [6, 6.07) is 9.23. The van der Waals surface area contributed by atoms with Crippen LogP contribution >= 0.6 is 0 Å². The molecule has 0 atom stereocenters. The third-order valence-corrected chi connectivity index (χ3v) is 5.19. The number of nitrogens with zero attached hydrogens (tertiary/aromatic N) is 4. The minimum absolute atomic E-state index is 0.125. The van der Waals surface area contributed by atoms with E-state index in [1.807, 2.05) is 37.4 Å². The van der Waals surface area contributed by atoms with Gasteiger partial charge in [-0.25, -0.2) is 25.0 Å². The van der Waals surface area contributed by atoms with Crippen molar-refractivity contribution in [3.8, 4) is 0 Å². The Balaban J connectivity index is 1.65. The molecule has 168 valence electrons. The lowest BCUT2D eigenvalue weighted by atomic mass is 9.85. The van der Waals surface area contributed by atoms with E-state index in [-0.39, 0.29) is 18.6 Å². The molecule has 1 aromatic carbocycles. The Bertz CT molecular complexity index is 870. The summed E-state index contributed by atoms with van der Waals surface area (Å²) >= 11 is 0. The summed E-state index contributed by atoms with van der Waals surface area (Å²) in [5.74, 6) is 1.21. The Kier molecular flexibility index (Phi) is 7.14. The number of nitrogens with one attached hydrogen (secondary N) is 1. The van der Waals surface area contributed by atoms with E-state index in [0.717, 1.165) is 24.2 Å². The van der Waals surface area contributed by atoms with Crippen LogP contribution in [-0.4, -0.2) is 43.6 Å². The normalized spacial score (nSPS) is 18.8. The average Bonchev–Trinajstić information content (AvgIpc) is 3.16. The van der Waals surface area contributed by atoms with Crippen LogP contribution in [0.3, 0.4) is 0 Å². The highest BCUT2D eigenvalue weighted by atomic mass is 16.6. The summed E-state index contributed by atoms with van der Waals surface area (Å²) in [5.41, 5.74) is 2.80. The Morgan fingerprint density at radius 1 is 1.16 bits per heavy atom. The highest BCUT2D eigenvalue weighted by Gasteiger charge is 2.34. The molecule has 0 radical (unpaired) electrons. The first-order chi connectivity index (χ1) is 14.7. The first-order valence-electron chi connectivity index (χ1n) is 10.6. The van der Waals surface area contributed by atoms with Gasteiger partial charge in [0.15, 0.2) is 0 Å². The monoisotopic (exact) mass is 429 g/mol. The smallest absolute Gasteiger partial charge is 0.429 e. The number of ether oxygens (including phenoxy) is 2. The van der Waals surface area contributed by atoms with Crippen molar-refractivity contribution in [2.45, 2.75) is 70.6 Å². The molecular formula is C22H31N5O4. The standard InChI is InChI=1S/C22H31N5O4/c1-22(2,3)31-20(28)25-27(21(29)30-14-16-8-6-5-7-9-16)18-12-10-17(11-13-18)19-23-15-24-26(19)4/h5-9,15,17-18H,10-14H2,1-4H3,(H,25,28). The van der Waals surface area contributed by atoms with Gasteiger partial charge in [0.1, 0.15) is 24.4 Å². The van der Waals surface area contributed by atoms with Gasteiger partial charge >= 0.3 is 12.2 Å². The number of benzene rings is 1. The van der Waals surface area contributed by atoms with E-state index in [2.05, 4.69) is 15.5 Å². The van der Waals surface area contributed by atoms with Crippen LogP contribution in [0, 0.1) is 0 Å². The predicted octanol–water partition coefficient (Wildman–Crippen LogP) is 3.92. The van der Waals surface area contributed by atoms with Gasteiger partial charge < -0.3 is 9.47 Å². The van der Waals surface area contributed by atoms with E-state index >= 15 is 0 Å². The van der Waals surface area contributed by atoms with Gasteiger partial charge in [-0.1, -0.05) is 30.3 Å². The summed E-state index contributed by atoms with van der Waals surface area (Å²) in [5, 5.41) is 5.43. The number of hydrogen-bond donors (Lipinski definition) is 1. The summed E-state index contributed by atoms with van der Waals surface area (Å²) in [4.78, 5) is 29.6. The molecule has 2 amide bonds. The molecule has 0 spiro atoms. The molecule has 31 heavy (non-hydrogen) atoms. The van der Waals surface area contributed by atoms with E-state index in [1.54, 1.807) is 31.8 Å². The molecule has 1 fully saturated rings. The first-order valence-corrected chi connectivity index (χ1v) is 10.6. The van der Waals surface area contributed by atoms with Gasteiger partial charge in [0.05, 0.1) is 6.04 Å². The zero-order valence-electron chi connectivity index (χ0n) is 18.6. The fourth-order valence-corrected chi connectivity index (χ4v) is 3.74. The number of carbonyl (C=O) groups is 2. The maximum Gasteiger partial charge on any atom is 0.429 e. The molecule has 0 unspecified atom stereocenters. The molecule has 1 saturated carbocycles. The van der Waals surface area contributed by atoms with Crippen molar-refractivity contribution in [3.63, 3.8) is 0 Å². The van der Waals surface area contributed by atoms with Crippen molar-refractivity contribution in [1.29, 1.82) is 0 Å². The van der Waals surface area contributed by atoms with E-state index in [4.69, 9.17) is 9.47 Å². The fourth-order valence-electron chi connectivity index (χ4n) is 3.74. The van der Waals surface area contributed by atoms with Crippen molar-refractivity contribution in [3.05, 3.63) is 48.0 Å². The Hall–Kier alpha value is -3.10. The zero-order chi connectivity index (χ0) is 22.4. The maximum absolute atomic E-state index is 12.9. The summed E-state index contributed by atoms with van der Waals surface area (Å²) in [6.07, 6.45) is 3.34. The quantitative estimate of drug-likeness (QED) is 0.740. The van der Waals surface area contributed by atoms with Crippen LogP contribution in [0.1, 0.15) is 63.8 Å². The van der Waals surface area contributed by atoms with Crippen molar-refractivity contribution in [1.82, 2.24) is 25.2 Å². The molecule has 0 bridgehead atoms. The topological polar surface area (TPSA) is 98.6 Å². The highest BCUT2D eigenvalue weighted by Crippen LogP contribution is 2.33. The van der Waals surface area contributed by atoms with Gasteiger partial charge in [-0.15, -0.1) is 0 Å². The van der Waals surface area contributed by atoms with Crippen LogP contribution < -0.4 is 5.43 Å². The molecule has 0 saturated heterocycles. The molecule has 1 heterocycles. The Morgan fingerprint density at radius 2 is 1.84 bits per heavy atom. The number of hydrazine groups is 1. The van der Waals surface area contributed by atoms with Crippen molar-refractivity contribution in [2.75, 3.05) is 0 Å². The number of rotatable bonds is 4. The van der Waals surface area contributed by atoms with Crippen LogP contribution in [0.4, 0.5) is 9.59 Å². The third-order valence-electron chi connectivity index (χ3n) is 5.19. The zero-order valence-corrected chi connectivity index (χ0v) is 18.6. The molecule has 2 aromatic rings. The molecule has 3 rings (SSSR count). The lowest BCUT2D eigenvalue weighted by Crippen LogP contribution is -2.54. The van der Waals surface area contributed by atoms with Crippen molar-refractivity contribution in [2.24, 2.45) is 7.05 Å². The number of aryl methyl sites for hydroxylation is 1. The lowest BCUT2D eigenvalue weighted by Gasteiger charge is -2.36. The lowest BCUT2D eigenvalue weighted by molar-refractivity contribution is 0.0116. The van der Waals surface area contributed by atoms with Crippen molar-refractivity contribution >= 4 is 12.2 Å². The van der Waals surface area contributed by atoms with Crippen LogP contribution in [0.25, 0.3) is 0 Å². The van der Waals surface area contributed by atoms with Gasteiger partial charge in [-0.3, -0.25) is 4.68 Å². The molecule has 0 aliphatic heterocycles. The largest absolute Gasteiger partial charge is 0.443 e. The third kappa shape index (κ3) is 6.44. The second kappa shape index (κ2) is 9.80. The van der Waals surface area contributed by atoms with Crippen molar-refractivity contribution < 1.29 is 19.1 Å². The Morgan fingerprint density at radius 3 is 2.42 bits per heavy atom. The Labute approximate surface area is 182 Å². The van der Waals surface area contributed by atoms with E-state index in [1.165, 1.54) is 5.01 Å². The predicted molar refractivity (Wildman–Crippen MR) is 114 cm³/mol. The second-order valence-electron chi connectivity index (χ2n) is 8.77. The van der Waals surface area contributed by atoms with Gasteiger partial charge in [0.25, 0.3) is 0 Å². The number of carbonyl (C=O) groups excluding carboxylic acids is 2. The maximum atomic E-state index is 12.9. The van der Waals surface area contributed by atoms with Crippen LogP contribution in [0.2, 0.25) is 0 Å². The summed E-state index contributed by atoms with van der Waals surface area (Å²) in [6.45, 7) is 5.45. The van der Waals surface area contributed by atoms with E-state index in [0.29, 0.717) is 12.8 Å². The number of aromatic nitrogens is 3.